The summed E-state index contributed by atoms with van der Waals surface area (Å²) < 4.78 is 0. The molecule has 0 aromatic heterocycles. The second-order valence-corrected chi connectivity index (χ2v) is 2.67. The summed E-state index contributed by atoms with van der Waals surface area (Å²) in [6, 6.07) is 3.52. The van der Waals surface area contributed by atoms with Crippen molar-refractivity contribution in [3.63, 3.8) is 0 Å². The molecule has 1 nitrogen and oxygen atoms in total. The molecule has 1 rings (SSSR count). The number of aldehydes is 1. The molecule has 0 saturated carbocycles. The standard InChI is InChI=1S/C9H9BO/c1-6-3-8(5-11)4-9(10)7(6)2/h3-5H,1-2H3. The van der Waals surface area contributed by atoms with Crippen LogP contribution in [-0.4, -0.2) is 14.1 Å². The van der Waals surface area contributed by atoms with Crippen LogP contribution in [0.3, 0.4) is 0 Å². The van der Waals surface area contributed by atoms with Crippen molar-refractivity contribution >= 4 is 19.6 Å². The van der Waals surface area contributed by atoms with Gasteiger partial charge >= 0.3 is 0 Å². The zero-order valence-corrected chi connectivity index (χ0v) is 6.72. The van der Waals surface area contributed by atoms with Crippen LogP contribution in [0.25, 0.3) is 0 Å². The first kappa shape index (κ1) is 8.06. The Hall–Kier alpha value is -1.05. The number of hydrogen-bond donors (Lipinski definition) is 0. The zero-order chi connectivity index (χ0) is 8.43. The molecule has 1 aromatic rings. The molecule has 0 aliphatic carbocycles. The van der Waals surface area contributed by atoms with Gasteiger partial charge in [-0.2, -0.15) is 0 Å². The third kappa shape index (κ3) is 1.51. The lowest BCUT2D eigenvalue weighted by Crippen LogP contribution is -2.09. The van der Waals surface area contributed by atoms with E-state index in [0.717, 1.165) is 17.4 Å². The number of benzene rings is 1. The van der Waals surface area contributed by atoms with Crippen molar-refractivity contribution in [2.75, 3.05) is 0 Å². The van der Waals surface area contributed by atoms with Crippen molar-refractivity contribution in [2.24, 2.45) is 0 Å². The van der Waals surface area contributed by atoms with Gasteiger partial charge in [-0.1, -0.05) is 17.1 Å². The zero-order valence-electron chi connectivity index (χ0n) is 6.72. The van der Waals surface area contributed by atoms with Crippen molar-refractivity contribution in [1.29, 1.82) is 0 Å². The van der Waals surface area contributed by atoms with Gasteiger partial charge in [0.1, 0.15) is 14.1 Å². The topological polar surface area (TPSA) is 17.1 Å². The normalized spacial score (nSPS) is 9.64. The second kappa shape index (κ2) is 2.91. The second-order valence-electron chi connectivity index (χ2n) is 2.67. The SMILES string of the molecule is [B]c1cc(C=O)cc(C)c1C. The Balaban J connectivity index is 3.31. The number of carbonyl (C=O) groups excluding carboxylic acids is 1. The fourth-order valence-electron chi connectivity index (χ4n) is 0.983. The Morgan fingerprint density at radius 1 is 1.36 bits per heavy atom. The molecule has 2 heteroatoms. The van der Waals surface area contributed by atoms with Crippen LogP contribution in [0.1, 0.15) is 21.5 Å². The van der Waals surface area contributed by atoms with Crippen LogP contribution in [-0.2, 0) is 0 Å². The highest BCUT2D eigenvalue weighted by Crippen LogP contribution is 2.04. The molecule has 11 heavy (non-hydrogen) atoms. The minimum absolute atomic E-state index is 0.644. The van der Waals surface area contributed by atoms with Crippen molar-refractivity contribution in [3.05, 3.63) is 28.8 Å². The molecular formula is C9H9BO. The summed E-state index contributed by atoms with van der Waals surface area (Å²) >= 11 is 0. The van der Waals surface area contributed by atoms with E-state index in [1.54, 1.807) is 6.07 Å². The van der Waals surface area contributed by atoms with Gasteiger partial charge in [-0.3, -0.25) is 4.79 Å². The van der Waals surface area contributed by atoms with Crippen LogP contribution < -0.4 is 5.46 Å². The molecule has 0 heterocycles. The minimum Gasteiger partial charge on any atom is -0.298 e. The quantitative estimate of drug-likeness (QED) is 0.422. The van der Waals surface area contributed by atoms with Crippen LogP contribution in [0.4, 0.5) is 0 Å². The molecule has 0 N–H and O–H groups in total. The maximum absolute atomic E-state index is 10.4. The highest BCUT2D eigenvalue weighted by Gasteiger charge is 1.98. The Labute approximate surface area is 67.8 Å². The highest BCUT2D eigenvalue weighted by atomic mass is 16.1. The van der Waals surface area contributed by atoms with Crippen LogP contribution in [0.15, 0.2) is 12.1 Å². The lowest BCUT2D eigenvalue weighted by atomic mass is 9.87. The Morgan fingerprint density at radius 3 is 2.45 bits per heavy atom. The van der Waals surface area contributed by atoms with Crippen molar-refractivity contribution < 1.29 is 4.79 Å². The minimum atomic E-state index is 0.644. The van der Waals surface area contributed by atoms with E-state index >= 15 is 0 Å². The largest absolute Gasteiger partial charge is 0.298 e. The van der Waals surface area contributed by atoms with Gasteiger partial charge in [0.25, 0.3) is 0 Å². The molecule has 0 amide bonds. The van der Waals surface area contributed by atoms with Gasteiger partial charge in [-0.25, -0.2) is 0 Å². The molecular weight excluding hydrogens is 135 g/mol. The first-order valence-corrected chi connectivity index (χ1v) is 3.47. The number of carbonyl (C=O) groups is 1. The summed E-state index contributed by atoms with van der Waals surface area (Å²) in [5, 5.41) is 0. The maximum atomic E-state index is 10.4. The molecule has 0 aliphatic heterocycles. The predicted octanol–water partition coefficient (Wildman–Crippen LogP) is 0.910. The molecule has 2 radical (unpaired) electrons. The molecule has 0 aliphatic rings. The molecule has 0 spiro atoms. The third-order valence-corrected chi connectivity index (χ3v) is 1.87. The van der Waals surface area contributed by atoms with Crippen LogP contribution in [0, 0.1) is 13.8 Å². The molecule has 1 aromatic carbocycles. The Morgan fingerprint density at radius 2 is 2.00 bits per heavy atom. The summed E-state index contributed by atoms with van der Waals surface area (Å²) in [4.78, 5) is 10.4. The predicted molar refractivity (Wildman–Crippen MR) is 46.7 cm³/mol. The summed E-state index contributed by atoms with van der Waals surface area (Å²) in [6.45, 7) is 3.89. The molecule has 0 fully saturated rings. The summed E-state index contributed by atoms with van der Waals surface area (Å²) in [7, 11) is 5.64. The van der Waals surface area contributed by atoms with E-state index in [4.69, 9.17) is 7.85 Å². The summed E-state index contributed by atoms with van der Waals surface area (Å²) in [5.74, 6) is 0. The van der Waals surface area contributed by atoms with E-state index in [0.29, 0.717) is 11.0 Å². The molecule has 0 bridgehead atoms. The van der Waals surface area contributed by atoms with E-state index in [9.17, 15) is 4.79 Å². The van der Waals surface area contributed by atoms with E-state index < -0.39 is 0 Å². The molecule has 0 unspecified atom stereocenters. The van der Waals surface area contributed by atoms with Gasteiger partial charge in [-0.05, 0) is 25.5 Å². The van der Waals surface area contributed by atoms with Gasteiger partial charge in [0.15, 0.2) is 0 Å². The first-order valence-electron chi connectivity index (χ1n) is 3.47. The van der Waals surface area contributed by atoms with E-state index in [1.165, 1.54) is 0 Å². The lowest BCUT2D eigenvalue weighted by Gasteiger charge is -2.04. The first-order chi connectivity index (χ1) is 5.15. The average Bonchev–Trinajstić information content (AvgIpc) is 1.99. The summed E-state index contributed by atoms with van der Waals surface area (Å²) in [5.41, 5.74) is 3.44. The van der Waals surface area contributed by atoms with Gasteiger partial charge < -0.3 is 0 Å². The average molecular weight is 144 g/mol. The molecule has 0 atom stereocenters. The smallest absolute Gasteiger partial charge is 0.150 e. The lowest BCUT2D eigenvalue weighted by molar-refractivity contribution is 0.112. The summed E-state index contributed by atoms with van der Waals surface area (Å²) in [6.07, 6.45) is 0.808. The van der Waals surface area contributed by atoms with E-state index in [1.807, 2.05) is 19.9 Å². The number of hydrogen-bond acceptors (Lipinski definition) is 1. The molecule has 0 saturated heterocycles. The monoisotopic (exact) mass is 144 g/mol. The van der Waals surface area contributed by atoms with Crippen molar-refractivity contribution in [2.45, 2.75) is 13.8 Å². The Kier molecular flexibility index (Phi) is 2.13. The fraction of sp³-hybridized carbons (Fsp3) is 0.222. The molecule has 54 valence electrons. The van der Waals surface area contributed by atoms with E-state index in [2.05, 4.69) is 0 Å². The van der Waals surface area contributed by atoms with Gasteiger partial charge in [0.05, 0.1) is 0 Å². The highest BCUT2D eigenvalue weighted by molar-refractivity contribution is 6.33. The fourth-order valence-corrected chi connectivity index (χ4v) is 0.983. The van der Waals surface area contributed by atoms with Crippen molar-refractivity contribution in [3.8, 4) is 0 Å². The maximum Gasteiger partial charge on any atom is 0.150 e. The van der Waals surface area contributed by atoms with Gasteiger partial charge in [0, 0.05) is 5.56 Å². The van der Waals surface area contributed by atoms with E-state index in [-0.39, 0.29) is 0 Å². The van der Waals surface area contributed by atoms with Crippen molar-refractivity contribution in [1.82, 2.24) is 0 Å². The van der Waals surface area contributed by atoms with Crippen LogP contribution >= 0.6 is 0 Å². The number of aryl methyl sites for hydroxylation is 1. The number of rotatable bonds is 1. The third-order valence-electron chi connectivity index (χ3n) is 1.87. The van der Waals surface area contributed by atoms with Crippen LogP contribution in [0.5, 0.6) is 0 Å². The van der Waals surface area contributed by atoms with Crippen LogP contribution in [0.2, 0.25) is 0 Å². The Bertz CT molecular complexity index is 269. The van der Waals surface area contributed by atoms with Gasteiger partial charge in [-0.15, -0.1) is 0 Å². The van der Waals surface area contributed by atoms with Gasteiger partial charge in [0.2, 0.25) is 0 Å².